The van der Waals surface area contributed by atoms with Crippen LogP contribution in [0.25, 0.3) is 0 Å². The number of ether oxygens (including phenoxy) is 1. The zero-order valence-corrected chi connectivity index (χ0v) is 18.1. The lowest BCUT2D eigenvalue weighted by atomic mass is 10.1. The Labute approximate surface area is 186 Å². The van der Waals surface area contributed by atoms with Crippen LogP contribution in [0.3, 0.4) is 0 Å². The van der Waals surface area contributed by atoms with E-state index in [0.29, 0.717) is 18.7 Å². The third kappa shape index (κ3) is 4.51. The Balaban J connectivity index is 1.51. The minimum Gasteiger partial charge on any atom is -0.439 e. The van der Waals surface area contributed by atoms with Crippen molar-refractivity contribution in [2.75, 3.05) is 26.2 Å². The summed E-state index contributed by atoms with van der Waals surface area (Å²) in [5.41, 5.74) is 0.975. The molecule has 1 unspecified atom stereocenters. The first-order valence-electron chi connectivity index (χ1n) is 10.3. The van der Waals surface area contributed by atoms with Gasteiger partial charge in [-0.05, 0) is 42.7 Å². The highest BCUT2D eigenvalue weighted by Gasteiger charge is 2.34. The molecule has 0 aliphatic carbocycles. The Bertz CT molecular complexity index is 1100. The van der Waals surface area contributed by atoms with Crippen LogP contribution in [0.1, 0.15) is 34.8 Å². The molecule has 2 heterocycles. The maximum atomic E-state index is 12.9. The first-order chi connectivity index (χ1) is 15.4. The van der Waals surface area contributed by atoms with E-state index in [1.807, 2.05) is 6.07 Å². The van der Waals surface area contributed by atoms with Crippen molar-refractivity contribution in [1.82, 2.24) is 14.5 Å². The predicted octanol–water partition coefficient (Wildman–Crippen LogP) is 1.92. The Hall–Kier alpha value is -3.24. The van der Waals surface area contributed by atoms with Crippen LogP contribution in [0.4, 0.5) is 4.79 Å². The van der Waals surface area contributed by atoms with Gasteiger partial charge in [0, 0.05) is 18.7 Å². The summed E-state index contributed by atoms with van der Waals surface area (Å²) in [6, 6.07) is 14.0. The maximum Gasteiger partial charge on any atom is 0.417 e. The third-order valence-corrected chi connectivity index (χ3v) is 7.45. The molecule has 0 saturated carbocycles. The van der Waals surface area contributed by atoms with Crippen LogP contribution in [0.15, 0.2) is 59.5 Å². The highest BCUT2D eigenvalue weighted by Crippen LogP contribution is 2.22. The van der Waals surface area contributed by atoms with Crippen LogP contribution < -0.4 is 5.32 Å². The molecule has 0 bridgehead atoms. The number of nitrogens with one attached hydrogen (secondary N) is 1. The van der Waals surface area contributed by atoms with Gasteiger partial charge in [0.2, 0.25) is 10.0 Å². The van der Waals surface area contributed by atoms with E-state index in [1.54, 1.807) is 24.3 Å². The van der Waals surface area contributed by atoms with E-state index in [1.165, 1.54) is 28.6 Å². The van der Waals surface area contributed by atoms with Gasteiger partial charge in [0.05, 0.1) is 17.5 Å². The Morgan fingerprint density at radius 2 is 1.66 bits per heavy atom. The van der Waals surface area contributed by atoms with Gasteiger partial charge in [-0.15, -0.1) is 0 Å². The zero-order valence-electron chi connectivity index (χ0n) is 17.3. The molecule has 10 heteroatoms. The molecule has 2 fully saturated rings. The van der Waals surface area contributed by atoms with E-state index in [9.17, 15) is 22.8 Å². The van der Waals surface area contributed by atoms with Gasteiger partial charge in [0.1, 0.15) is 0 Å². The average molecular weight is 458 g/mol. The lowest BCUT2D eigenvalue weighted by molar-refractivity contribution is -0.126. The number of hydrogen-bond donors (Lipinski definition) is 1. The topological polar surface area (TPSA) is 113 Å². The minimum atomic E-state index is -3.57. The number of carbonyl (C=O) groups excluding carboxylic acids is 3. The van der Waals surface area contributed by atoms with E-state index in [2.05, 4.69) is 5.32 Å². The van der Waals surface area contributed by atoms with Crippen LogP contribution in [0, 0.1) is 0 Å². The van der Waals surface area contributed by atoms with Gasteiger partial charge in [0.25, 0.3) is 11.8 Å². The summed E-state index contributed by atoms with van der Waals surface area (Å²) >= 11 is 0. The molecule has 0 aromatic heterocycles. The number of hydrogen-bond acceptors (Lipinski definition) is 6. The number of rotatable bonds is 7. The average Bonchev–Trinajstić information content (AvgIpc) is 3.46. The second kappa shape index (κ2) is 9.09. The normalized spacial score (nSPS) is 17.9. The molecule has 2 aromatic carbocycles. The fourth-order valence-electron chi connectivity index (χ4n) is 3.76. The summed E-state index contributed by atoms with van der Waals surface area (Å²) in [4.78, 5) is 37.8. The van der Waals surface area contributed by atoms with E-state index in [-0.39, 0.29) is 23.6 Å². The standard InChI is InChI=1S/C22H23N3O6S/c26-20-15-31-22(28)25(20)14-19(16-6-2-1-3-7-16)23-21(27)17-8-10-18(11-9-17)32(29,30)24-12-4-5-13-24/h1-3,6-11,19H,4-5,12-15H2,(H,23,27). The van der Waals surface area contributed by atoms with Gasteiger partial charge < -0.3 is 10.1 Å². The molecule has 32 heavy (non-hydrogen) atoms. The fraction of sp³-hybridized carbons (Fsp3) is 0.318. The van der Waals surface area contributed by atoms with Crippen LogP contribution in [-0.2, 0) is 19.6 Å². The van der Waals surface area contributed by atoms with E-state index in [4.69, 9.17) is 4.74 Å². The SMILES string of the molecule is O=C(NC(CN1C(=O)COC1=O)c1ccccc1)c1ccc(S(=O)(=O)N2CCCC2)cc1. The van der Waals surface area contributed by atoms with Gasteiger partial charge in [-0.3, -0.25) is 9.59 Å². The molecule has 168 valence electrons. The van der Waals surface area contributed by atoms with Crippen molar-refractivity contribution in [3.63, 3.8) is 0 Å². The smallest absolute Gasteiger partial charge is 0.417 e. The lowest BCUT2D eigenvalue weighted by Crippen LogP contribution is -2.40. The number of nitrogens with zero attached hydrogens (tertiary/aromatic N) is 2. The second-order valence-electron chi connectivity index (χ2n) is 7.63. The van der Waals surface area contributed by atoms with Gasteiger partial charge in [0.15, 0.2) is 6.61 Å². The van der Waals surface area contributed by atoms with Gasteiger partial charge in [-0.2, -0.15) is 4.31 Å². The molecule has 0 spiro atoms. The molecule has 2 aromatic rings. The maximum absolute atomic E-state index is 12.9. The molecule has 3 amide bonds. The van der Waals surface area contributed by atoms with Gasteiger partial charge in [-0.25, -0.2) is 18.1 Å². The van der Waals surface area contributed by atoms with E-state index in [0.717, 1.165) is 17.7 Å². The molecule has 2 aliphatic heterocycles. The molecular weight excluding hydrogens is 434 g/mol. The van der Waals surface area contributed by atoms with Crippen molar-refractivity contribution < 1.29 is 27.5 Å². The zero-order chi connectivity index (χ0) is 22.7. The van der Waals surface area contributed by atoms with Crippen molar-refractivity contribution >= 4 is 27.9 Å². The van der Waals surface area contributed by atoms with E-state index < -0.39 is 34.0 Å². The summed E-state index contributed by atoms with van der Waals surface area (Å²) < 4.78 is 31.6. The Morgan fingerprint density at radius 1 is 1.00 bits per heavy atom. The summed E-state index contributed by atoms with van der Waals surface area (Å²) in [6.45, 7) is 0.609. The second-order valence-corrected chi connectivity index (χ2v) is 9.57. The first kappa shape index (κ1) is 22.0. The van der Waals surface area contributed by atoms with Crippen molar-refractivity contribution in [3.05, 3.63) is 65.7 Å². The number of cyclic esters (lactones) is 1. The number of carbonyl (C=O) groups is 3. The summed E-state index contributed by atoms with van der Waals surface area (Å²) in [5, 5.41) is 2.83. The van der Waals surface area contributed by atoms with Crippen molar-refractivity contribution in [3.8, 4) is 0 Å². The molecule has 2 saturated heterocycles. The Kier molecular flexibility index (Phi) is 6.24. The molecule has 1 atom stereocenters. The van der Waals surface area contributed by atoms with Crippen LogP contribution >= 0.6 is 0 Å². The fourth-order valence-corrected chi connectivity index (χ4v) is 5.27. The van der Waals surface area contributed by atoms with Crippen LogP contribution in [0.5, 0.6) is 0 Å². The van der Waals surface area contributed by atoms with Crippen molar-refractivity contribution in [1.29, 1.82) is 0 Å². The molecule has 4 rings (SSSR count). The molecular formula is C22H23N3O6S. The summed E-state index contributed by atoms with van der Waals surface area (Å²) in [7, 11) is -3.57. The van der Waals surface area contributed by atoms with Crippen LogP contribution in [-0.4, -0.2) is 61.8 Å². The number of imide groups is 1. The summed E-state index contributed by atoms with van der Waals surface area (Å²) in [6.07, 6.45) is 0.933. The Morgan fingerprint density at radius 3 is 2.25 bits per heavy atom. The van der Waals surface area contributed by atoms with Gasteiger partial charge >= 0.3 is 6.09 Å². The largest absolute Gasteiger partial charge is 0.439 e. The quantitative estimate of drug-likeness (QED) is 0.680. The highest BCUT2D eigenvalue weighted by molar-refractivity contribution is 7.89. The molecule has 2 aliphatic rings. The van der Waals surface area contributed by atoms with Crippen molar-refractivity contribution in [2.24, 2.45) is 0 Å². The third-order valence-electron chi connectivity index (χ3n) is 5.53. The highest BCUT2D eigenvalue weighted by atomic mass is 32.2. The first-order valence-corrected chi connectivity index (χ1v) is 11.7. The minimum absolute atomic E-state index is 0.0746. The summed E-state index contributed by atoms with van der Waals surface area (Å²) in [5.74, 6) is -0.925. The molecule has 0 radical (unpaired) electrons. The molecule has 1 N–H and O–H groups in total. The number of benzene rings is 2. The number of amides is 3. The van der Waals surface area contributed by atoms with E-state index >= 15 is 0 Å². The predicted molar refractivity (Wildman–Crippen MR) is 114 cm³/mol. The molecule has 9 nitrogen and oxygen atoms in total. The van der Waals surface area contributed by atoms with Gasteiger partial charge in [-0.1, -0.05) is 30.3 Å². The van der Waals surface area contributed by atoms with Crippen LogP contribution in [0.2, 0.25) is 0 Å². The van der Waals surface area contributed by atoms with Crippen molar-refractivity contribution in [2.45, 2.75) is 23.8 Å². The number of sulfonamides is 1. The monoisotopic (exact) mass is 457 g/mol. The lowest BCUT2D eigenvalue weighted by Gasteiger charge is -2.23.